The zero-order valence-corrected chi connectivity index (χ0v) is 12.5. The molecule has 0 spiro atoms. The topological polar surface area (TPSA) is 15.3 Å². The van der Waals surface area contributed by atoms with Crippen LogP contribution >= 0.6 is 0 Å². The Morgan fingerprint density at radius 2 is 1.68 bits per heavy atom. The Labute approximate surface area is 118 Å². The molecule has 1 N–H and O–H groups in total. The molecule has 4 saturated carbocycles. The minimum Gasteiger partial charge on any atom is -0.315 e. The number of nitrogens with one attached hydrogen (secondary N) is 1. The van der Waals surface area contributed by atoms with Crippen LogP contribution < -0.4 is 5.32 Å². The zero-order valence-electron chi connectivity index (χ0n) is 12.5. The van der Waals surface area contributed by atoms with Crippen molar-refractivity contribution in [2.75, 3.05) is 26.7 Å². The van der Waals surface area contributed by atoms with E-state index in [1.165, 1.54) is 32.5 Å². The lowest BCUT2D eigenvalue weighted by atomic mass is 9.49. The second-order valence-corrected chi connectivity index (χ2v) is 8.33. The summed E-state index contributed by atoms with van der Waals surface area (Å²) >= 11 is 0. The largest absolute Gasteiger partial charge is 0.315 e. The number of hydrogen-bond donors (Lipinski definition) is 1. The minimum atomic E-state index is 0.714. The molecule has 1 atom stereocenters. The standard InChI is InChI=1S/C17H30N2/c1-19-4-2-3-16(19)11-18-12-17-8-13-5-14(9-17)7-15(6-13)10-17/h13-16,18H,2-12H2,1H3. The van der Waals surface area contributed by atoms with Gasteiger partial charge in [-0.15, -0.1) is 0 Å². The number of likely N-dealkylation sites (N-methyl/N-ethyl adjacent to an activating group) is 1. The van der Waals surface area contributed by atoms with Gasteiger partial charge in [0.1, 0.15) is 0 Å². The summed E-state index contributed by atoms with van der Waals surface area (Å²) in [5.74, 6) is 3.30. The van der Waals surface area contributed by atoms with Crippen LogP contribution in [0.3, 0.4) is 0 Å². The molecule has 0 aromatic rings. The summed E-state index contributed by atoms with van der Waals surface area (Å²) in [5, 5.41) is 3.87. The van der Waals surface area contributed by atoms with Crippen LogP contribution in [0.15, 0.2) is 0 Å². The Balaban J connectivity index is 1.32. The SMILES string of the molecule is CN1CCCC1CNCC12CC3CC(CC(C3)C1)C2. The summed E-state index contributed by atoms with van der Waals surface area (Å²) in [7, 11) is 2.30. The maximum absolute atomic E-state index is 3.87. The van der Waals surface area contributed by atoms with Crippen LogP contribution in [0.4, 0.5) is 0 Å². The highest BCUT2D eigenvalue weighted by molar-refractivity contribution is 5.02. The number of hydrogen-bond acceptors (Lipinski definition) is 2. The molecule has 4 bridgehead atoms. The van der Waals surface area contributed by atoms with Gasteiger partial charge in [-0.1, -0.05) is 0 Å². The highest BCUT2D eigenvalue weighted by Gasteiger charge is 2.50. The van der Waals surface area contributed by atoms with Crippen LogP contribution in [-0.4, -0.2) is 37.6 Å². The van der Waals surface area contributed by atoms with Gasteiger partial charge in [0.05, 0.1) is 0 Å². The van der Waals surface area contributed by atoms with Crippen molar-refractivity contribution in [1.82, 2.24) is 10.2 Å². The summed E-state index contributed by atoms with van der Waals surface area (Å²) in [5.41, 5.74) is 0.714. The minimum absolute atomic E-state index is 0.714. The average Bonchev–Trinajstić information content (AvgIpc) is 2.73. The third-order valence-electron chi connectivity index (χ3n) is 6.72. The predicted octanol–water partition coefficient (Wildman–Crippen LogP) is 2.89. The quantitative estimate of drug-likeness (QED) is 0.838. The summed E-state index contributed by atoms with van der Waals surface area (Å²) in [6.07, 6.45) is 12.2. The van der Waals surface area contributed by atoms with Crippen LogP contribution in [0, 0.1) is 23.2 Å². The Hall–Kier alpha value is -0.0800. The molecule has 0 radical (unpaired) electrons. The van der Waals surface area contributed by atoms with E-state index < -0.39 is 0 Å². The van der Waals surface area contributed by atoms with Crippen LogP contribution in [0.1, 0.15) is 51.4 Å². The zero-order chi connectivity index (χ0) is 12.9. The molecule has 0 amide bonds. The smallest absolute Gasteiger partial charge is 0.0218 e. The molecule has 1 heterocycles. The third-order valence-corrected chi connectivity index (χ3v) is 6.72. The molecule has 2 nitrogen and oxygen atoms in total. The van der Waals surface area contributed by atoms with Crippen molar-refractivity contribution >= 4 is 0 Å². The first-order valence-electron chi connectivity index (χ1n) is 8.63. The molecule has 1 saturated heterocycles. The molecule has 5 rings (SSSR count). The third kappa shape index (κ3) is 2.35. The maximum Gasteiger partial charge on any atom is 0.0218 e. The molecule has 0 aromatic heterocycles. The molecular formula is C17H30N2. The fourth-order valence-corrected chi connectivity index (χ4v) is 6.25. The first kappa shape index (κ1) is 12.6. The molecule has 2 heteroatoms. The van der Waals surface area contributed by atoms with Crippen molar-refractivity contribution in [2.24, 2.45) is 23.2 Å². The van der Waals surface area contributed by atoms with E-state index in [2.05, 4.69) is 17.3 Å². The lowest BCUT2D eigenvalue weighted by Crippen LogP contribution is -2.51. The fraction of sp³-hybridized carbons (Fsp3) is 1.00. The van der Waals surface area contributed by atoms with E-state index in [0.717, 1.165) is 23.8 Å². The van der Waals surface area contributed by atoms with Gasteiger partial charge < -0.3 is 10.2 Å². The molecule has 0 aromatic carbocycles. The van der Waals surface area contributed by atoms with Gasteiger partial charge >= 0.3 is 0 Å². The van der Waals surface area contributed by atoms with Gasteiger partial charge in [0.15, 0.2) is 0 Å². The van der Waals surface area contributed by atoms with Gasteiger partial charge in [-0.2, -0.15) is 0 Å². The first-order chi connectivity index (χ1) is 9.22. The number of rotatable bonds is 4. The van der Waals surface area contributed by atoms with Crippen molar-refractivity contribution in [1.29, 1.82) is 0 Å². The van der Waals surface area contributed by atoms with Gasteiger partial charge in [0, 0.05) is 19.1 Å². The molecule has 19 heavy (non-hydrogen) atoms. The van der Waals surface area contributed by atoms with Crippen LogP contribution in [0.25, 0.3) is 0 Å². The van der Waals surface area contributed by atoms with E-state index >= 15 is 0 Å². The Morgan fingerprint density at radius 1 is 1.05 bits per heavy atom. The van der Waals surface area contributed by atoms with Gasteiger partial charge in [0.25, 0.3) is 0 Å². The molecular weight excluding hydrogens is 232 g/mol. The van der Waals surface area contributed by atoms with Crippen molar-refractivity contribution < 1.29 is 0 Å². The maximum atomic E-state index is 3.87. The second-order valence-electron chi connectivity index (χ2n) is 8.33. The van der Waals surface area contributed by atoms with E-state index in [1.807, 2.05) is 0 Å². The Kier molecular flexibility index (Phi) is 3.15. The summed E-state index contributed by atoms with van der Waals surface area (Å²) in [4.78, 5) is 2.55. The first-order valence-corrected chi connectivity index (χ1v) is 8.63. The molecule has 1 aliphatic heterocycles. The van der Waals surface area contributed by atoms with Crippen LogP contribution in [0.2, 0.25) is 0 Å². The van der Waals surface area contributed by atoms with Crippen molar-refractivity contribution in [2.45, 2.75) is 57.4 Å². The number of nitrogens with zero attached hydrogens (tertiary/aromatic N) is 1. The number of likely N-dealkylation sites (tertiary alicyclic amines) is 1. The van der Waals surface area contributed by atoms with Gasteiger partial charge in [0.2, 0.25) is 0 Å². The highest BCUT2D eigenvalue weighted by atomic mass is 15.2. The molecule has 1 unspecified atom stereocenters. The van der Waals surface area contributed by atoms with E-state index in [0.29, 0.717) is 5.41 Å². The Bertz CT molecular complexity index is 303. The van der Waals surface area contributed by atoms with E-state index in [1.54, 1.807) is 38.5 Å². The van der Waals surface area contributed by atoms with Crippen LogP contribution in [0.5, 0.6) is 0 Å². The summed E-state index contributed by atoms with van der Waals surface area (Å²) in [6, 6.07) is 0.814. The lowest BCUT2D eigenvalue weighted by molar-refractivity contribution is -0.0516. The van der Waals surface area contributed by atoms with Gasteiger partial charge in [-0.05, 0) is 88.1 Å². The highest BCUT2D eigenvalue weighted by Crippen LogP contribution is 2.59. The normalized spacial score (nSPS) is 49.1. The van der Waals surface area contributed by atoms with Crippen molar-refractivity contribution in [3.8, 4) is 0 Å². The van der Waals surface area contributed by atoms with Crippen molar-refractivity contribution in [3.63, 3.8) is 0 Å². The van der Waals surface area contributed by atoms with Crippen molar-refractivity contribution in [3.05, 3.63) is 0 Å². The Morgan fingerprint density at radius 3 is 2.21 bits per heavy atom. The van der Waals surface area contributed by atoms with Gasteiger partial charge in [-0.3, -0.25) is 0 Å². The molecule has 108 valence electrons. The summed E-state index contributed by atoms with van der Waals surface area (Å²) < 4.78 is 0. The predicted molar refractivity (Wildman–Crippen MR) is 79.1 cm³/mol. The monoisotopic (exact) mass is 262 g/mol. The lowest BCUT2D eigenvalue weighted by Gasteiger charge is -2.57. The second kappa shape index (κ2) is 4.73. The molecule has 4 aliphatic carbocycles. The average molecular weight is 262 g/mol. The summed E-state index contributed by atoms with van der Waals surface area (Å²) in [6.45, 7) is 3.86. The van der Waals surface area contributed by atoms with Gasteiger partial charge in [-0.25, -0.2) is 0 Å². The van der Waals surface area contributed by atoms with Crippen LogP contribution in [-0.2, 0) is 0 Å². The van der Waals surface area contributed by atoms with E-state index in [4.69, 9.17) is 0 Å². The fourth-order valence-electron chi connectivity index (χ4n) is 6.25. The van der Waals surface area contributed by atoms with E-state index in [-0.39, 0.29) is 0 Å². The molecule has 5 aliphatic rings. The molecule has 5 fully saturated rings. The van der Waals surface area contributed by atoms with E-state index in [9.17, 15) is 0 Å².